The summed E-state index contributed by atoms with van der Waals surface area (Å²) in [7, 11) is 0. The molecule has 1 aromatic heterocycles. The van der Waals surface area contributed by atoms with Crippen LogP contribution < -0.4 is 4.90 Å². The number of ether oxygens (including phenoxy) is 1. The lowest BCUT2D eigenvalue weighted by Gasteiger charge is -2.22. The smallest absolute Gasteiger partial charge is 0.325 e. The fraction of sp³-hybridized carbons (Fsp3) is 0.500. The Labute approximate surface area is 107 Å². The van der Waals surface area contributed by atoms with Crippen LogP contribution in [0.25, 0.3) is 0 Å². The standard InChI is InChI=1S/C12H17ClN2O2/c1-3-8-15(9-11(16)17-4-2)12-10(13)6-5-7-14-12/h5-7H,3-4,8-9H2,1-2H3. The molecule has 0 aliphatic heterocycles. The van der Waals surface area contributed by atoms with Crippen molar-refractivity contribution in [3.8, 4) is 0 Å². The van der Waals surface area contributed by atoms with Crippen molar-refractivity contribution in [2.75, 3.05) is 24.6 Å². The lowest BCUT2D eigenvalue weighted by atomic mass is 10.3. The maximum atomic E-state index is 11.5. The molecule has 0 atom stereocenters. The Balaban J connectivity index is 2.78. The zero-order chi connectivity index (χ0) is 12.7. The quantitative estimate of drug-likeness (QED) is 0.734. The van der Waals surface area contributed by atoms with Gasteiger partial charge in [0.05, 0.1) is 11.6 Å². The van der Waals surface area contributed by atoms with Crippen molar-refractivity contribution in [1.82, 2.24) is 4.98 Å². The Morgan fingerprint density at radius 1 is 1.53 bits per heavy atom. The molecular weight excluding hydrogens is 240 g/mol. The highest BCUT2D eigenvalue weighted by molar-refractivity contribution is 6.32. The maximum Gasteiger partial charge on any atom is 0.325 e. The molecule has 17 heavy (non-hydrogen) atoms. The Kier molecular flexibility index (Phi) is 5.77. The summed E-state index contributed by atoms with van der Waals surface area (Å²) in [4.78, 5) is 17.5. The molecule has 5 heteroatoms. The minimum absolute atomic E-state index is 0.179. The number of nitrogens with zero attached hydrogens (tertiary/aromatic N) is 2. The van der Waals surface area contributed by atoms with E-state index in [2.05, 4.69) is 4.98 Å². The summed E-state index contributed by atoms with van der Waals surface area (Å²) >= 11 is 6.06. The first-order chi connectivity index (χ1) is 8.19. The third-order valence-electron chi connectivity index (χ3n) is 2.16. The van der Waals surface area contributed by atoms with Crippen LogP contribution in [-0.4, -0.2) is 30.6 Å². The molecule has 0 unspecified atom stereocenters. The molecule has 1 rings (SSSR count). The predicted octanol–water partition coefficient (Wildman–Crippen LogP) is 2.51. The fourth-order valence-corrected chi connectivity index (χ4v) is 1.74. The Morgan fingerprint density at radius 3 is 2.88 bits per heavy atom. The number of hydrogen-bond donors (Lipinski definition) is 0. The number of anilines is 1. The highest BCUT2D eigenvalue weighted by Crippen LogP contribution is 2.22. The van der Waals surface area contributed by atoms with Gasteiger partial charge >= 0.3 is 5.97 Å². The molecule has 0 saturated heterocycles. The molecule has 1 aromatic rings. The van der Waals surface area contributed by atoms with E-state index in [0.717, 1.165) is 13.0 Å². The molecule has 0 N–H and O–H groups in total. The number of hydrogen-bond acceptors (Lipinski definition) is 4. The van der Waals surface area contributed by atoms with Gasteiger partial charge in [0.25, 0.3) is 0 Å². The number of carbonyl (C=O) groups is 1. The molecule has 94 valence electrons. The molecule has 4 nitrogen and oxygen atoms in total. The number of pyridine rings is 1. The highest BCUT2D eigenvalue weighted by atomic mass is 35.5. The van der Waals surface area contributed by atoms with Gasteiger partial charge in [-0.15, -0.1) is 0 Å². The minimum atomic E-state index is -0.261. The second-order valence-electron chi connectivity index (χ2n) is 3.54. The first-order valence-electron chi connectivity index (χ1n) is 5.70. The predicted molar refractivity (Wildman–Crippen MR) is 68.4 cm³/mol. The van der Waals surface area contributed by atoms with Gasteiger partial charge in [-0.05, 0) is 25.5 Å². The van der Waals surface area contributed by atoms with E-state index in [-0.39, 0.29) is 12.5 Å². The van der Waals surface area contributed by atoms with Crippen LogP contribution >= 0.6 is 11.6 Å². The van der Waals surface area contributed by atoms with Gasteiger partial charge in [0.15, 0.2) is 0 Å². The van der Waals surface area contributed by atoms with Gasteiger partial charge in [0, 0.05) is 12.7 Å². The molecule has 0 aromatic carbocycles. The van der Waals surface area contributed by atoms with Crippen LogP contribution in [0.15, 0.2) is 18.3 Å². The van der Waals surface area contributed by atoms with Crippen molar-refractivity contribution < 1.29 is 9.53 Å². The summed E-state index contributed by atoms with van der Waals surface area (Å²) in [5.74, 6) is 0.367. The van der Waals surface area contributed by atoms with E-state index in [0.29, 0.717) is 17.4 Å². The van der Waals surface area contributed by atoms with Crippen LogP contribution in [0.1, 0.15) is 20.3 Å². The summed E-state index contributed by atoms with van der Waals surface area (Å²) < 4.78 is 4.93. The van der Waals surface area contributed by atoms with Crippen LogP contribution in [0.3, 0.4) is 0 Å². The van der Waals surface area contributed by atoms with Gasteiger partial charge in [-0.2, -0.15) is 0 Å². The average molecular weight is 257 g/mol. The van der Waals surface area contributed by atoms with Crippen molar-refractivity contribution in [2.45, 2.75) is 20.3 Å². The zero-order valence-electron chi connectivity index (χ0n) is 10.1. The Hall–Kier alpha value is -1.29. The molecule has 0 spiro atoms. The topological polar surface area (TPSA) is 42.4 Å². The summed E-state index contributed by atoms with van der Waals surface area (Å²) in [6.45, 7) is 5.10. The molecule has 0 aliphatic rings. The molecule has 0 aliphatic carbocycles. The number of esters is 1. The van der Waals surface area contributed by atoms with Crippen molar-refractivity contribution in [3.05, 3.63) is 23.4 Å². The van der Waals surface area contributed by atoms with Crippen molar-refractivity contribution >= 4 is 23.4 Å². The average Bonchev–Trinajstić information content (AvgIpc) is 2.29. The van der Waals surface area contributed by atoms with E-state index in [1.807, 2.05) is 11.8 Å². The first-order valence-corrected chi connectivity index (χ1v) is 6.07. The number of carbonyl (C=O) groups excluding carboxylic acids is 1. The molecular formula is C12H17ClN2O2. The highest BCUT2D eigenvalue weighted by Gasteiger charge is 2.15. The molecule has 0 amide bonds. The van der Waals surface area contributed by atoms with Gasteiger partial charge in [-0.25, -0.2) is 4.98 Å². The number of aromatic nitrogens is 1. The maximum absolute atomic E-state index is 11.5. The third kappa shape index (κ3) is 4.23. The molecule has 0 saturated carbocycles. The normalized spacial score (nSPS) is 10.1. The summed E-state index contributed by atoms with van der Waals surface area (Å²) in [5.41, 5.74) is 0. The second-order valence-corrected chi connectivity index (χ2v) is 3.94. The molecule has 1 heterocycles. The number of halogens is 1. The lowest BCUT2D eigenvalue weighted by molar-refractivity contribution is -0.141. The molecule has 0 fully saturated rings. The van der Waals surface area contributed by atoms with Gasteiger partial charge < -0.3 is 9.64 Å². The Bertz CT molecular complexity index is 371. The van der Waals surface area contributed by atoms with E-state index in [4.69, 9.17) is 16.3 Å². The van der Waals surface area contributed by atoms with Crippen molar-refractivity contribution in [2.24, 2.45) is 0 Å². The largest absolute Gasteiger partial charge is 0.465 e. The van der Waals surface area contributed by atoms with Crippen LogP contribution in [0.4, 0.5) is 5.82 Å². The van der Waals surface area contributed by atoms with Crippen LogP contribution in [0.5, 0.6) is 0 Å². The lowest BCUT2D eigenvalue weighted by Crippen LogP contribution is -2.32. The van der Waals surface area contributed by atoms with E-state index in [1.165, 1.54) is 0 Å². The fourth-order valence-electron chi connectivity index (χ4n) is 1.50. The van der Waals surface area contributed by atoms with E-state index >= 15 is 0 Å². The van der Waals surface area contributed by atoms with Crippen molar-refractivity contribution in [1.29, 1.82) is 0 Å². The molecule has 0 radical (unpaired) electrons. The summed E-state index contributed by atoms with van der Waals surface area (Å²) in [6.07, 6.45) is 2.57. The minimum Gasteiger partial charge on any atom is -0.465 e. The van der Waals surface area contributed by atoms with Gasteiger partial charge in [-0.3, -0.25) is 4.79 Å². The van der Waals surface area contributed by atoms with Crippen molar-refractivity contribution in [3.63, 3.8) is 0 Å². The van der Waals surface area contributed by atoms with E-state index in [1.54, 1.807) is 25.3 Å². The Morgan fingerprint density at radius 2 is 2.29 bits per heavy atom. The molecule has 0 bridgehead atoms. The SMILES string of the molecule is CCCN(CC(=O)OCC)c1ncccc1Cl. The van der Waals surface area contributed by atoms with Gasteiger partial charge in [-0.1, -0.05) is 18.5 Å². The van der Waals surface area contributed by atoms with Crippen LogP contribution in [-0.2, 0) is 9.53 Å². The van der Waals surface area contributed by atoms with E-state index < -0.39 is 0 Å². The van der Waals surface area contributed by atoms with Crippen LogP contribution in [0, 0.1) is 0 Å². The zero-order valence-corrected chi connectivity index (χ0v) is 10.9. The number of rotatable bonds is 6. The second kappa shape index (κ2) is 7.12. The summed E-state index contributed by atoms with van der Waals surface area (Å²) in [6, 6.07) is 3.53. The van der Waals surface area contributed by atoms with Crippen LogP contribution in [0.2, 0.25) is 5.02 Å². The van der Waals surface area contributed by atoms with E-state index in [9.17, 15) is 4.79 Å². The van der Waals surface area contributed by atoms with Gasteiger partial charge in [0.1, 0.15) is 12.4 Å². The van der Waals surface area contributed by atoms with Gasteiger partial charge in [0.2, 0.25) is 0 Å². The first kappa shape index (κ1) is 13.8. The third-order valence-corrected chi connectivity index (χ3v) is 2.45. The monoisotopic (exact) mass is 256 g/mol. The summed E-state index contributed by atoms with van der Waals surface area (Å²) in [5, 5.41) is 0.547.